The highest BCUT2D eigenvalue weighted by Crippen LogP contribution is 2.00. The first-order chi connectivity index (χ1) is 8.27. The predicted molar refractivity (Wildman–Crippen MR) is 70.8 cm³/mol. The van der Waals surface area contributed by atoms with Crippen LogP contribution in [0.5, 0.6) is 0 Å². The molecule has 0 aliphatic heterocycles. The van der Waals surface area contributed by atoms with Gasteiger partial charge in [0.1, 0.15) is 0 Å². The van der Waals surface area contributed by atoms with E-state index in [1.54, 1.807) is 0 Å². The fourth-order valence-electron chi connectivity index (χ4n) is 1.27. The Balaban J connectivity index is 4.14. The molecule has 0 aromatic rings. The topological polar surface area (TPSA) is 75.7 Å². The number of sulfonamides is 1. The van der Waals surface area contributed by atoms with Crippen molar-refractivity contribution < 1.29 is 17.9 Å². The van der Waals surface area contributed by atoms with Crippen LogP contribution in [0.3, 0.4) is 0 Å². The second kappa shape index (κ2) is 8.44. The molecule has 0 saturated carbocycles. The Morgan fingerprint density at radius 3 is 2.39 bits per heavy atom. The van der Waals surface area contributed by atoms with Gasteiger partial charge in [-0.2, -0.15) is 4.31 Å². The molecular formula is C11H24N2O4S. The van der Waals surface area contributed by atoms with Gasteiger partial charge in [0.15, 0.2) is 0 Å². The lowest BCUT2D eigenvalue weighted by Gasteiger charge is -2.19. The number of nitrogens with zero attached hydrogens (tertiary/aromatic N) is 1. The van der Waals surface area contributed by atoms with Crippen molar-refractivity contribution in [2.45, 2.75) is 20.3 Å². The number of carbonyl (C=O) groups excluding carboxylic acids is 1. The van der Waals surface area contributed by atoms with Crippen molar-refractivity contribution in [1.29, 1.82) is 0 Å². The minimum Gasteiger partial charge on any atom is -0.383 e. The number of carbonyl (C=O) groups is 1. The van der Waals surface area contributed by atoms with Crippen LogP contribution >= 0.6 is 0 Å². The highest BCUT2D eigenvalue weighted by molar-refractivity contribution is 7.88. The maximum atomic E-state index is 11.5. The molecule has 0 heterocycles. The standard InChI is InChI=1S/C11H24N2O4S/c1-10(2)9-12-11(14)5-6-13(7-8-17-3)18(4,15)16/h10H,5-9H2,1-4H3,(H,12,14). The SMILES string of the molecule is COCCN(CCC(=O)NCC(C)C)S(C)(=O)=O. The van der Waals surface area contributed by atoms with Gasteiger partial charge in [0.2, 0.25) is 15.9 Å². The van der Waals surface area contributed by atoms with Crippen LogP contribution in [0.2, 0.25) is 0 Å². The third kappa shape index (κ3) is 8.43. The number of rotatable bonds is 9. The Bertz CT molecular complexity index is 341. The van der Waals surface area contributed by atoms with Crippen LogP contribution in [0, 0.1) is 5.92 Å². The van der Waals surface area contributed by atoms with E-state index in [2.05, 4.69) is 5.32 Å². The first-order valence-electron chi connectivity index (χ1n) is 5.98. The van der Waals surface area contributed by atoms with Crippen molar-refractivity contribution >= 4 is 15.9 Å². The fourth-order valence-corrected chi connectivity index (χ4v) is 2.10. The van der Waals surface area contributed by atoms with Gasteiger partial charge in [-0.05, 0) is 5.92 Å². The van der Waals surface area contributed by atoms with Gasteiger partial charge in [-0.15, -0.1) is 0 Å². The molecule has 0 radical (unpaired) electrons. The third-order valence-electron chi connectivity index (χ3n) is 2.31. The Morgan fingerprint density at radius 2 is 1.94 bits per heavy atom. The van der Waals surface area contributed by atoms with Gasteiger partial charge in [0.25, 0.3) is 0 Å². The summed E-state index contributed by atoms with van der Waals surface area (Å²) in [6, 6.07) is 0. The van der Waals surface area contributed by atoms with E-state index in [0.717, 1.165) is 6.26 Å². The molecule has 0 saturated heterocycles. The monoisotopic (exact) mass is 280 g/mol. The molecule has 0 aliphatic carbocycles. The maximum absolute atomic E-state index is 11.5. The van der Waals surface area contributed by atoms with Gasteiger partial charge in [-0.3, -0.25) is 4.79 Å². The van der Waals surface area contributed by atoms with Crippen LogP contribution in [-0.2, 0) is 19.6 Å². The highest BCUT2D eigenvalue weighted by atomic mass is 32.2. The molecule has 0 atom stereocenters. The summed E-state index contributed by atoms with van der Waals surface area (Å²) >= 11 is 0. The normalized spacial score (nSPS) is 12.1. The largest absolute Gasteiger partial charge is 0.383 e. The molecule has 7 heteroatoms. The van der Waals surface area contributed by atoms with Gasteiger partial charge >= 0.3 is 0 Å². The van der Waals surface area contributed by atoms with Crippen molar-refractivity contribution in [3.05, 3.63) is 0 Å². The van der Waals surface area contributed by atoms with Crippen LogP contribution in [-0.4, -0.2) is 58.2 Å². The fraction of sp³-hybridized carbons (Fsp3) is 0.909. The van der Waals surface area contributed by atoms with Crippen LogP contribution in [0.25, 0.3) is 0 Å². The first kappa shape index (κ1) is 17.3. The van der Waals surface area contributed by atoms with Crippen molar-refractivity contribution in [2.24, 2.45) is 5.92 Å². The molecule has 1 amide bonds. The molecule has 0 bridgehead atoms. The molecule has 0 aliphatic rings. The Hall–Kier alpha value is -0.660. The van der Waals surface area contributed by atoms with Crippen molar-refractivity contribution in [2.75, 3.05) is 39.6 Å². The summed E-state index contributed by atoms with van der Waals surface area (Å²) < 4.78 is 29.0. The first-order valence-corrected chi connectivity index (χ1v) is 7.83. The van der Waals surface area contributed by atoms with Gasteiger partial charge in [-0.25, -0.2) is 8.42 Å². The molecular weight excluding hydrogens is 256 g/mol. The number of methoxy groups -OCH3 is 1. The zero-order chi connectivity index (χ0) is 14.2. The van der Waals surface area contributed by atoms with Gasteiger partial charge < -0.3 is 10.1 Å². The highest BCUT2D eigenvalue weighted by Gasteiger charge is 2.17. The van der Waals surface area contributed by atoms with Crippen molar-refractivity contribution in [3.8, 4) is 0 Å². The van der Waals surface area contributed by atoms with Crippen molar-refractivity contribution in [3.63, 3.8) is 0 Å². The molecule has 0 unspecified atom stereocenters. The zero-order valence-corrected chi connectivity index (χ0v) is 12.4. The second-order valence-electron chi connectivity index (χ2n) is 4.60. The number of nitrogens with one attached hydrogen (secondary N) is 1. The number of amides is 1. The van der Waals surface area contributed by atoms with Crippen molar-refractivity contribution in [1.82, 2.24) is 9.62 Å². The minimum absolute atomic E-state index is 0.130. The molecule has 0 fully saturated rings. The predicted octanol–water partition coefficient (Wildman–Crippen LogP) is 0.0567. The molecule has 0 aromatic heterocycles. The molecule has 0 spiro atoms. The lowest BCUT2D eigenvalue weighted by atomic mass is 10.2. The van der Waals surface area contributed by atoms with E-state index < -0.39 is 10.0 Å². The van der Waals surface area contributed by atoms with E-state index in [-0.39, 0.29) is 25.4 Å². The smallest absolute Gasteiger partial charge is 0.221 e. The summed E-state index contributed by atoms with van der Waals surface area (Å²) in [4.78, 5) is 11.5. The van der Waals surface area contributed by atoms with Crippen LogP contribution in [0.15, 0.2) is 0 Å². The van der Waals surface area contributed by atoms with Gasteiger partial charge in [-0.1, -0.05) is 13.8 Å². The zero-order valence-electron chi connectivity index (χ0n) is 11.6. The van der Waals surface area contributed by atoms with Crippen LogP contribution < -0.4 is 5.32 Å². The second-order valence-corrected chi connectivity index (χ2v) is 6.59. The van der Waals surface area contributed by atoms with E-state index in [1.165, 1.54) is 11.4 Å². The van der Waals surface area contributed by atoms with E-state index in [1.807, 2.05) is 13.8 Å². The molecule has 108 valence electrons. The Kier molecular flexibility index (Phi) is 8.13. The van der Waals surface area contributed by atoms with Gasteiger partial charge in [0.05, 0.1) is 12.9 Å². The van der Waals surface area contributed by atoms with E-state index in [9.17, 15) is 13.2 Å². The lowest BCUT2D eigenvalue weighted by Crippen LogP contribution is -2.37. The quantitative estimate of drug-likeness (QED) is 0.648. The summed E-state index contributed by atoms with van der Waals surface area (Å²) in [6.45, 7) is 5.39. The lowest BCUT2D eigenvalue weighted by molar-refractivity contribution is -0.121. The molecule has 0 aromatic carbocycles. The summed E-state index contributed by atoms with van der Waals surface area (Å²) in [5, 5.41) is 2.75. The molecule has 6 nitrogen and oxygen atoms in total. The molecule has 0 rings (SSSR count). The summed E-state index contributed by atoms with van der Waals surface area (Å²) in [7, 11) is -1.78. The van der Waals surface area contributed by atoms with E-state index in [0.29, 0.717) is 19.1 Å². The summed E-state index contributed by atoms with van der Waals surface area (Å²) in [6.07, 6.45) is 1.30. The van der Waals surface area contributed by atoms with E-state index >= 15 is 0 Å². The average Bonchev–Trinajstić information content (AvgIpc) is 2.24. The Labute approximate surface area is 110 Å². The molecule has 1 N–H and O–H groups in total. The maximum Gasteiger partial charge on any atom is 0.221 e. The number of hydrogen-bond acceptors (Lipinski definition) is 4. The van der Waals surface area contributed by atoms with Crippen LogP contribution in [0.4, 0.5) is 0 Å². The number of hydrogen-bond donors (Lipinski definition) is 1. The third-order valence-corrected chi connectivity index (χ3v) is 3.61. The average molecular weight is 280 g/mol. The summed E-state index contributed by atoms with van der Waals surface area (Å²) in [5.41, 5.74) is 0. The summed E-state index contributed by atoms with van der Waals surface area (Å²) in [5.74, 6) is 0.253. The van der Waals surface area contributed by atoms with E-state index in [4.69, 9.17) is 4.74 Å². The minimum atomic E-state index is -3.29. The molecule has 18 heavy (non-hydrogen) atoms. The number of ether oxygens (including phenoxy) is 1. The van der Waals surface area contributed by atoms with Crippen LogP contribution in [0.1, 0.15) is 20.3 Å². The Morgan fingerprint density at radius 1 is 1.33 bits per heavy atom. The van der Waals surface area contributed by atoms with Gasteiger partial charge in [0, 0.05) is 33.2 Å².